The van der Waals surface area contributed by atoms with Crippen molar-refractivity contribution in [3.8, 4) is 5.75 Å². The summed E-state index contributed by atoms with van der Waals surface area (Å²) in [5.74, 6) is -1.17. The van der Waals surface area contributed by atoms with E-state index in [9.17, 15) is 41.0 Å². The minimum absolute atomic E-state index is 0.0119. The lowest BCUT2D eigenvalue weighted by Gasteiger charge is -2.40. The molecule has 2 unspecified atom stereocenters. The maximum atomic E-state index is 13.2. The number of alkyl halides is 6. The Kier molecular flexibility index (Phi) is 8.02. The number of β-amino-alcohol motifs (C(OH)–C–C–N with tert-alkyl or cyclic N) is 1. The van der Waals surface area contributed by atoms with Crippen molar-refractivity contribution >= 4 is 11.9 Å². The van der Waals surface area contributed by atoms with Crippen LogP contribution in [-0.4, -0.2) is 86.7 Å². The average Bonchev–Trinajstić information content (AvgIpc) is 3.21. The molecule has 11 nitrogen and oxygen atoms in total. The molecule has 0 saturated carbocycles. The van der Waals surface area contributed by atoms with Crippen molar-refractivity contribution in [2.24, 2.45) is 0 Å². The molecule has 2 aromatic heterocycles. The molecule has 4 heterocycles. The number of nitrogens with zero attached hydrogens (tertiary/aromatic N) is 5. The van der Waals surface area contributed by atoms with Crippen molar-refractivity contribution in [2.45, 2.75) is 56.5 Å². The first-order valence-electron chi connectivity index (χ1n) is 11.8. The fourth-order valence-corrected chi connectivity index (χ4v) is 4.50. The molecule has 17 heteroatoms. The zero-order valence-electron chi connectivity index (χ0n) is 20.4. The van der Waals surface area contributed by atoms with E-state index < -0.39 is 65.0 Å². The molecule has 2 aliphatic rings. The molecule has 0 spiro atoms. The lowest BCUT2D eigenvalue weighted by Crippen LogP contribution is -2.55. The van der Waals surface area contributed by atoms with Gasteiger partial charge in [0, 0.05) is 38.4 Å². The fraction of sp³-hybridized carbons (Fsp3) is 0.591. The number of carbonyl (C=O) groups is 1. The van der Waals surface area contributed by atoms with Crippen molar-refractivity contribution in [1.29, 1.82) is 0 Å². The third-order valence-corrected chi connectivity index (χ3v) is 6.35. The molecule has 0 aromatic carbocycles. The summed E-state index contributed by atoms with van der Waals surface area (Å²) in [5, 5.41) is 15.7. The second-order valence-corrected chi connectivity index (χ2v) is 9.15. The predicted octanol–water partition coefficient (Wildman–Crippen LogP) is 1.62. The molecule has 39 heavy (non-hydrogen) atoms. The van der Waals surface area contributed by atoms with Gasteiger partial charge in [-0.05, 0) is 13.3 Å². The van der Waals surface area contributed by atoms with Gasteiger partial charge in [0.1, 0.15) is 12.2 Å². The van der Waals surface area contributed by atoms with Crippen LogP contribution in [0.5, 0.6) is 5.75 Å². The van der Waals surface area contributed by atoms with Crippen LogP contribution in [0.15, 0.2) is 23.4 Å². The maximum absolute atomic E-state index is 13.2. The maximum Gasteiger partial charge on any atom is 0.425 e. The number of aliphatic hydroxyl groups is 1. The lowest BCUT2D eigenvalue weighted by molar-refractivity contribution is -0.143. The molecule has 4 atom stereocenters. The SMILES string of the molecule is CC(COC1CCN([C@@H]2CCN(c3ncc(C(F)(F)F)cn3)C[C@@H]2O)C1=O)Oc1cn[nH]c(=O)c1C(F)(F)F. The standard InChI is InChI=1S/C22H24F6N6O5/c1-11(39-16-8-31-32-18(36)17(16)22(26,27)28)10-38-15-3-5-34(19(15)37)13-2-4-33(9-14(13)35)20-29-6-12(7-30-20)21(23,24)25/h6-8,11,13-15,35H,2-5,9-10H2,1H3,(H,32,36)/t11?,13-,14+,15?/m1/s1. The summed E-state index contributed by atoms with van der Waals surface area (Å²) in [4.78, 5) is 34.9. The van der Waals surface area contributed by atoms with Crippen LogP contribution in [0.4, 0.5) is 32.3 Å². The summed E-state index contributed by atoms with van der Waals surface area (Å²) in [6, 6.07) is -0.582. The van der Waals surface area contributed by atoms with Crippen molar-refractivity contribution in [2.75, 3.05) is 31.1 Å². The summed E-state index contributed by atoms with van der Waals surface area (Å²) < 4.78 is 88.6. The van der Waals surface area contributed by atoms with E-state index in [4.69, 9.17) is 9.47 Å². The van der Waals surface area contributed by atoms with Gasteiger partial charge in [-0.1, -0.05) is 0 Å². The molecule has 214 valence electrons. The molecule has 2 N–H and O–H groups in total. The number of amides is 1. The van der Waals surface area contributed by atoms with Crippen molar-refractivity contribution in [3.63, 3.8) is 0 Å². The first-order chi connectivity index (χ1) is 18.3. The van der Waals surface area contributed by atoms with Gasteiger partial charge in [0.15, 0.2) is 11.3 Å². The number of hydrogen-bond donors (Lipinski definition) is 2. The minimum Gasteiger partial charge on any atom is -0.486 e. The number of piperidine rings is 1. The Balaban J connectivity index is 1.30. The highest BCUT2D eigenvalue weighted by molar-refractivity contribution is 5.83. The van der Waals surface area contributed by atoms with E-state index in [1.165, 1.54) is 16.7 Å². The number of halogens is 6. The Morgan fingerprint density at radius 3 is 2.38 bits per heavy atom. The molecular weight excluding hydrogens is 542 g/mol. The molecular formula is C22H24F6N6O5. The van der Waals surface area contributed by atoms with Crippen LogP contribution in [0, 0.1) is 0 Å². The summed E-state index contributed by atoms with van der Waals surface area (Å²) in [5.41, 5.74) is -3.98. The Hall–Kier alpha value is -3.47. The lowest BCUT2D eigenvalue weighted by atomic mass is 10.0. The normalized spacial score (nSPS) is 23.3. The first-order valence-corrected chi connectivity index (χ1v) is 11.8. The summed E-state index contributed by atoms with van der Waals surface area (Å²) in [7, 11) is 0. The molecule has 1 amide bonds. The number of carbonyl (C=O) groups excluding carboxylic acids is 1. The number of anilines is 1. The average molecular weight is 566 g/mol. The number of aromatic amines is 1. The third-order valence-electron chi connectivity index (χ3n) is 6.35. The minimum atomic E-state index is -4.97. The Morgan fingerprint density at radius 2 is 1.77 bits per heavy atom. The van der Waals surface area contributed by atoms with Crippen LogP contribution in [-0.2, 0) is 21.9 Å². The summed E-state index contributed by atoms with van der Waals surface area (Å²) in [6.07, 6.45) is -9.86. The smallest absolute Gasteiger partial charge is 0.425 e. The van der Waals surface area contributed by atoms with Gasteiger partial charge in [0.05, 0.1) is 30.5 Å². The van der Waals surface area contributed by atoms with Crippen LogP contribution in [0.25, 0.3) is 0 Å². The molecule has 2 saturated heterocycles. The quantitative estimate of drug-likeness (QED) is 0.480. The van der Waals surface area contributed by atoms with Gasteiger partial charge < -0.3 is 24.4 Å². The van der Waals surface area contributed by atoms with E-state index in [0.717, 1.165) is 6.20 Å². The number of ether oxygens (including phenoxy) is 2. The molecule has 0 aliphatic carbocycles. The van der Waals surface area contributed by atoms with Crippen molar-refractivity contribution in [1.82, 2.24) is 25.1 Å². The highest BCUT2D eigenvalue weighted by atomic mass is 19.4. The number of H-pyrrole nitrogens is 1. The zero-order chi connectivity index (χ0) is 28.5. The van der Waals surface area contributed by atoms with Crippen molar-refractivity contribution < 1.29 is 45.7 Å². The highest BCUT2D eigenvalue weighted by Gasteiger charge is 2.42. The zero-order valence-corrected chi connectivity index (χ0v) is 20.4. The van der Waals surface area contributed by atoms with Crippen molar-refractivity contribution in [3.05, 3.63) is 40.1 Å². The van der Waals surface area contributed by atoms with Gasteiger partial charge in [-0.2, -0.15) is 31.4 Å². The number of likely N-dealkylation sites (tertiary alicyclic amines) is 1. The number of nitrogens with one attached hydrogen (secondary N) is 1. The summed E-state index contributed by atoms with van der Waals surface area (Å²) in [6.45, 7) is 1.66. The number of hydrogen-bond acceptors (Lipinski definition) is 9. The van der Waals surface area contributed by atoms with Crippen LogP contribution in [0.1, 0.15) is 30.9 Å². The van der Waals surface area contributed by atoms with E-state index in [1.807, 2.05) is 0 Å². The van der Waals surface area contributed by atoms with E-state index in [-0.39, 0.29) is 38.6 Å². The van der Waals surface area contributed by atoms with Gasteiger partial charge in [0.2, 0.25) is 5.95 Å². The van der Waals surface area contributed by atoms with E-state index in [0.29, 0.717) is 18.8 Å². The Labute approximate surface area is 216 Å². The molecule has 4 rings (SSSR count). The second-order valence-electron chi connectivity index (χ2n) is 9.15. The van der Waals surface area contributed by atoms with Crippen LogP contribution >= 0.6 is 0 Å². The summed E-state index contributed by atoms with van der Waals surface area (Å²) >= 11 is 0. The monoisotopic (exact) mass is 566 g/mol. The van der Waals surface area contributed by atoms with Gasteiger partial charge in [0.25, 0.3) is 11.5 Å². The Bertz CT molecular complexity index is 1220. The van der Waals surface area contributed by atoms with Crippen LogP contribution in [0.3, 0.4) is 0 Å². The van der Waals surface area contributed by atoms with Gasteiger partial charge in [-0.3, -0.25) is 9.59 Å². The number of aliphatic hydroxyl groups excluding tert-OH is 1. The van der Waals surface area contributed by atoms with E-state index in [2.05, 4.69) is 15.1 Å². The molecule has 2 aromatic rings. The van der Waals surface area contributed by atoms with Gasteiger partial charge in [-0.15, -0.1) is 0 Å². The first kappa shape index (κ1) is 28.5. The van der Waals surface area contributed by atoms with Gasteiger partial charge >= 0.3 is 12.4 Å². The van der Waals surface area contributed by atoms with Crippen LogP contribution < -0.4 is 15.2 Å². The van der Waals surface area contributed by atoms with E-state index >= 15 is 0 Å². The predicted molar refractivity (Wildman–Crippen MR) is 120 cm³/mol. The van der Waals surface area contributed by atoms with Crippen LogP contribution in [0.2, 0.25) is 0 Å². The molecule has 0 bridgehead atoms. The number of rotatable bonds is 7. The molecule has 0 radical (unpaired) electrons. The Morgan fingerprint density at radius 1 is 1.08 bits per heavy atom. The molecule has 2 fully saturated rings. The third kappa shape index (κ3) is 6.41. The largest absolute Gasteiger partial charge is 0.486 e. The topological polar surface area (TPSA) is 134 Å². The van der Waals surface area contributed by atoms with Gasteiger partial charge in [-0.25, -0.2) is 15.1 Å². The van der Waals surface area contributed by atoms with E-state index in [1.54, 1.807) is 5.10 Å². The number of aromatic nitrogens is 4. The second kappa shape index (κ2) is 11.0. The molecule has 2 aliphatic heterocycles. The highest BCUT2D eigenvalue weighted by Crippen LogP contribution is 2.33. The fourth-order valence-electron chi connectivity index (χ4n) is 4.50.